The monoisotopic (exact) mass is 466 g/mol. The van der Waals surface area contributed by atoms with E-state index in [1.165, 1.54) is 6.08 Å². The van der Waals surface area contributed by atoms with Crippen LogP contribution in [0.25, 0.3) is 0 Å². The van der Waals surface area contributed by atoms with Gasteiger partial charge < -0.3 is 21.3 Å². The summed E-state index contributed by atoms with van der Waals surface area (Å²) in [7, 11) is 0. The Morgan fingerprint density at radius 1 is 1.31 bits per heavy atom. The minimum absolute atomic E-state index is 0.0587. The van der Waals surface area contributed by atoms with Crippen LogP contribution in [0.15, 0.2) is 54.6 Å². The predicted octanol–water partition coefficient (Wildman–Crippen LogP) is 4.22. The average molecular weight is 466 g/mol. The van der Waals surface area contributed by atoms with Gasteiger partial charge in [0.15, 0.2) is 0 Å². The molecule has 0 spiro atoms. The van der Waals surface area contributed by atoms with E-state index in [9.17, 15) is 15.0 Å². The van der Waals surface area contributed by atoms with E-state index in [4.69, 9.17) is 5.73 Å². The van der Waals surface area contributed by atoms with Crippen LogP contribution >= 0.6 is 22.6 Å². The first-order valence-corrected chi connectivity index (χ1v) is 9.45. The normalized spacial score (nSPS) is 13.5. The van der Waals surface area contributed by atoms with Crippen LogP contribution in [-0.4, -0.2) is 16.1 Å². The predicted molar refractivity (Wildman–Crippen MR) is 113 cm³/mol. The van der Waals surface area contributed by atoms with Gasteiger partial charge in [-0.15, -0.1) is 0 Å². The van der Waals surface area contributed by atoms with Crippen LogP contribution in [0.5, 0.6) is 5.75 Å². The fourth-order valence-electron chi connectivity index (χ4n) is 2.56. The number of nitrogen functional groups attached to an aromatic ring is 1. The Labute approximate surface area is 167 Å². The largest absolute Gasteiger partial charge is 0.508 e. The Morgan fingerprint density at radius 2 is 2.04 bits per heavy atom. The highest BCUT2D eigenvalue weighted by Gasteiger charge is 2.19. The molecule has 138 valence electrons. The zero-order chi connectivity index (χ0) is 19.1. The Balaban J connectivity index is 1.84. The molecule has 2 atom stereocenters. The number of carbonyl (C=O) groups is 1. The topological polar surface area (TPSA) is 95.6 Å². The number of nitrogens with one attached hydrogen (secondary N) is 1. The molecule has 0 unspecified atom stereocenters. The van der Waals surface area contributed by atoms with Crippen molar-refractivity contribution in [1.82, 2.24) is 0 Å². The summed E-state index contributed by atoms with van der Waals surface area (Å²) in [6.07, 6.45) is 3.81. The lowest BCUT2D eigenvalue weighted by Crippen LogP contribution is -2.10. The lowest BCUT2D eigenvalue weighted by molar-refractivity contribution is -0.111. The van der Waals surface area contributed by atoms with Crippen molar-refractivity contribution in [2.45, 2.75) is 25.9 Å². The molecule has 0 aliphatic heterocycles. The van der Waals surface area contributed by atoms with Crippen LogP contribution < -0.4 is 11.1 Å². The number of hydrogen-bond acceptors (Lipinski definition) is 4. The van der Waals surface area contributed by atoms with E-state index >= 15 is 0 Å². The number of benzene rings is 2. The number of carbonyl (C=O) groups excluding carboxylic acids is 1. The maximum Gasteiger partial charge on any atom is 0.248 e. The number of hydrogen-bond donors (Lipinski definition) is 4. The van der Waals surface area contributed by atoms with Crippen molar-refractivity contribution in [2.24, 2.45) is 5.92 Å². The smallest absolute Gasteiger partial charge is 0.248 e. The van der Waals surface area contributed by atoms with Crippen molar-refractivity contribution in [3.8, 4) is 5.75 Å². The molecule has 0 bridgehead atoms. The van der Waals surface area contributed by atoms with Crippen LogP contribution in [0, 0.1) is 9.49 Å². The zero-order valence-corrected chi connectivity index (χ0v) is 16.7. The Kier molecular flexibility index (Phi) is 7.47. The molecule has 2 rings (SSSR count). The van der Waals surface area contributed by atoms with Gasteiger partial charge in [-0.2, -0.15) is 0 Å². The van der Waals surface area contributed by atoms with Gasteiger partial charge >= 0.3 is 0 Å². The maximum absolute atomic E-state index is 11.9. The molecule has 0 saturated carbocycles. The molecule has 0 aromatic heterocycles. The van der Waals surface area contributed by atoms with E-state index in [0.717, 1.165) is 3.57 Å². The number of phenols is 1. The standard InChI is InChI=1S/C20H23IN2O3/c1-13(20(26)15-12-14(21)10-11-18(15)24)6-2-5-9-19(25)23-17-8-4-3-7-16(17)22/h3-5,7-13,20,24,26H,2,6,22H2,1H3,(H,23,25)/b9-5+/t13-,20-/m0/s1. The number of aliphatic hydroxyl groups excluding tert-OH is 1. The van der Waals surface area contributed by atoms with Gasteiger partial charge in [-0.1, -0.05) is 25.1 Å². The number of para-hydroxylation sites is 2. The molecule has 2 aromatic carbocycles. The first-order valence-electron chi connectivity index (χ1n) is 8.37. The van der Waals surface area contributed by atoms with Crippen LogP contribution in [-0.2, 0) is 4.79 Å². The van der Waals surface area contributed by atoms with Crippen LogP contribution in [0.2, 0.25) is 0 Å². The number of nitrogens with two attached hydrogens (primary N) is 1. The molecule has 1 amide bonds. The number of allylic oxidation sites excluding steroid dienone is 1. The van der Waals surface area contributed by atoms with Crippen molar-refractivity contribution in [3.63, 3.8) is 0 Å². The fraction of sp³-hybridized carbons (Fsp3) is 0.250. The molecule has 0 radical (unpaired) electrons. The molecule has 0 fully saturated rings. The number of halogens is 1. The van der Waals surface area contributed by atoms with Gasteiger partial charge in [-0.25, -0.2) is 0 Å². The van der Waals surface area contributed by atoms with Crippen molar-refractivity contribution in [2.75, 3.05) is 11.1 Å². The summed E-state index contributed by atoms with van der Waals surface area (Å²) in [5.74, 6) is -0.205. The summed E-state index contributed by atoms with van der Waals surface area (Å²) >= 11 is 2.15. The lowest BCUT2D eigenvalue weighted by atomic mass is 9.93. The third-order valence-corrected chi connectivity index (χ3v) is 4.79. The molecule has 5 nitrogen and oxygen atoms in total. The molecule has 0 aliphatic rings. The minimum Gasteiger partial charge on any atom is -0.508 e. The molecule has 2 aromatic rings. The molecular formula is C20H23IN2O3. The zero-order valence-electron chi connectivity index (χ0n) is 14.5. The first kappa shape index (κ1) is 20.3. The lowest BCUT2D eigenvalue weighted by Gasteiger charge is -2.19. The summed E-state index contributed by atoms with van der Waals surface area (Å²) in [4.78, 5) is 11.9. The SMILES string of the molecule is C[C@@H](CC/C=C/C(=O)Nc1ccccc1N)[C@H](O)c1cc(I)ccc1O. The van der Waals surface area contributed by atoms with Crippen molar-refractivity contribution < 1.29 is 15.0 Å². The summed E-state index contributed by atoms with van der Waals surface area (Å²) in [5, 5.41) is 23.1. The second-order valence-electron chi connectivity index (χ2n) is 6.18. The van der Waals surface area contributed by atoms with Crippen molar-refractivity contribution >= 4 is 39.9 Å². The highest BCUT2D eigenvalue weighted by Crippen LogP contribution is 2.32. The third-order valence-electron chi connectivity index (χ3n) is 4.12. The third kappa shape index (κ3) is 5.74. The molecular weight excluding hydrogens is 443 g/mol. The van der Waals surface area contributed by atoms with Gasteiger partial charge in [-0.05, 0) is 77.8 Å². The molecule has 0 heterocycles. The second-order valence-corrected chi connectivity index (χ2v) is 7.43. The van der Waals surface area contributed by atoms with Crippen LogP contribution in [0.4, 0.5) is 11.4 Å². The van der Waals surface area contributed by atoms with E-state index in [1.54, 1.807) is 48.5 Å². The summed E-state index contributed by atoms with van der Waals surface area (Å²) < 4.78 is 0.957. The van der Waals surface area contributed by atoms with E-state index in [1.807, 2.05) is 6.92 Å². The van der Waals surface area contributed by atoms with Crippen molar-refractivity contribution in [1.29, 1.82) is 0 Å². The first-order chi connectivity index (χ1) is 12.4. The highest BCUT2D eigenvalue weighted by molar-refractivity contribution is 14.1. The number of rotatable bonds is 7. The van der Waals surface area contributed by atoms with Gasteiger partial charge in [0.05, 0.1) is 17.5 Å². The van der Waals surface area contributed by atoms with Crippen molar-refractivity contribution in [3.05, 3.63) is 63.8 Å². The minimum atomic E-state index is -0.754. The van der Waals surface area contributed by atoms with Gasteiger partial charge in [-0.3, -0.25) is 4.79 Å². The summed E-state index contributed by atoms with van der Waals surface area (Å²) in [6, 6.07) is 12.2. The molecule has 5 N–H and O–H groups in total. The van der Waals surface area contributed by atoms with Crippen LogP contribution in [0.1, 0.15) is 31.4 Å². The molecule has 26 heavy (non-hydrogen) atoms. The van der Waals surface area contributed by atoms with Gasteiger partial charge in [0, 0.05) is 9.13 Å². The number of amides is 1. The fourth-order valence-corrected chi connectivity index (χ4v) is 3.08. The van der Waals surface area contributed by atoms with E-state index < -0.39 is 6.10 Å². The molecule has 6 heteroatoms. The highest BCUT2D eigenvalue weighted by atomic mass is 127. The van der Waals surface area contributed by atoms with E-state index in [0.29, 0.717) is 29.8 Å². The summed E-state index contributed by atoms with van der Waals surface area (Å²) in [6.45, 7) is 1.92. The van der Waals surface area contributed by atoms with Crippen LogP contribution in [0.3, 0.4) is 0 Å². The maximum atomic E-state index is 11.9. The second kappa shape index (κ2) is 9.59. The number of anilines is 2. The number of aromatic hydroxyl groups is 1. The molecule has 0 aliphatic carbocycles. The van der Waals surface area contributed by atoms with Gasteiger partial charge in [0.25, 0.3) is 0 Å². The summed E-state index contributed by atoms with van der Waals surface area (Å²) in [5.41, 5.74) is 7.42. The molecule has 0 saturated heterocycles. The Bertz CT molecular complexity index is 792. The van der Waals surface area contributed by atoms with E-state index in [-0.39, 0.29) is 17.6 Å². The Morgan fingerprint density at radius 3 is 2.77 bits per heavy atom. The Hall–Kier alpha value is -2.06. The quantitative estimate of drug-likeness (QED) is 0.279. The van der Waals surface area contributed by atoms with Gasteiger partial charge in [0.1, 0.15) is 5.75 Å². The average Bonchev–Trinajstić information content (AvgIpc) is 2.62. The van der Waals surface area contributed by atoms with E-state index in [2.05, 4.69) is 27.9 Å². The number of aliphatic hydroxyl groups is 1. The number of phenolic OH excluding ortho intramolecular Hbond substituents is 1. The van der Waals surface area contributed by atoms with Gasteiger partial charge in [0.2, 0.25) is 5.91 Å².